The Morgan fingerprint density at radius 1 is 1.03 bits per heavy atom. The standard InChI is InChI=1S/C24H22N4O4S/c1-28(2)33(30,31)23-13-17(10-11-22(23)32-3)26-24(29)19-14-21(16-7-6-12-25-15-16)27-20-9-5-4-8-18(19)20/h4-15H,1-3H3,(H,26,29). The lowest BCUT2D eigenvalue weighted by Crippen LogP contribution is -2.23. The number of ether oxygens (including phenoxy) is 1. The minimum absolute atomic E-state index is 0.0385. The molecule has 0 unspecified atom stereocenters. The summed E-state index contributed by atoms with van der Waals surface area (Å²) in [6.45, 7) is 0. The van der Waals surface area contributed by atoms with Crippen LogP contribution >= 0.6 is 0 Å². The van der Waals surface area contributed by atoms with Crippen LogP contribution in [0.5, 0.6) is 5.75 Å². The van der Waals surface area contributed by atoms with Gasteiger partial charge >= 0.3 is 0 Å². The van der Waals surface area contributed by atoms with Crippen molar-refractivity contribution in [3.8, 4) is 17.0 Å². The number of fused-ring (bicyclic) bond motifs is 1. The minimum atomic E-state index is -3.78. The second kappa shape index (κ2) is 8.97. The van der Waals surface area contributed by atoms with Crippen LogP contribution in [0.25, 0.3) is 22.2 Å². The Hall–Kier alpha value is -3.82. The summed E-state index contributed by atoms with van der Waals surface area (Å²) < 4.78 is 31.7. The molecule has 168 valence electrons. The molecule has 0 aliphatic carbocycles. The highest BCUT2D eigenvalue weighted by molar-refractivity contribution is 7.89. The van der Waals surface area contributed by atoms with Crippen molar-refractivity contribution in [2.24, 2.45) is 0 Å². The number of hydrogen-bond acceptors (Lipinski definition) is 6. The Kier molecular flexibility index (Phi) is 6.08. The first-order chi connectivity index (χ1) is 15.8. The number of benzene rings is 2. The summed E-state index contributed by atoms with van der Waals surface area (Å²) in [5, 5.41) is 3.49. The average molecular weight is 463 g/mol. The number of aromatic nitrogens is 2. The van der Waals surface area contributed by atoms with Crippen LogP contribution in [0.1, 0.15) is 10.4 Å². The number of sulfonamides is 1. The van der Waals surface area contributed by atoms with Gasteiger partial charge in [0.05, 0.1) is 23.9 Å². The van der Waals surface area contributed by atoms with Gasteiger partial charge in [0.25, 0.3) is 5.91 Å². The van der Waals surface area contributed by atoms with Gasteiger partial charge in [-0.1, -0.05) is 18.2 Å². The molecule has 8 nitrogen and oxygen atoms in total. The Morgan fingerprint density at radius 3 is 2.52 bits per heavy atom. The number of methoxy groups -OCH3 is 1. The number of rotatable bonds is 6. The van der Waals surface area contributed by atoms with E-state index in [-0.39, 0.29) is 10.6 Å². The van der Waals surface area contributed by atoms with Crippen molar-refractivity contribution in [1.29, 1.82) is 0 Å². The van der Waals surface area contributed by atoms with Crippen LogP contribution in [-0.2, 0) is 10.0 Å². The van der Waals surface area contributed by atoms with Crippen molar-refractivity contribution >= 4 is 32.5 Å². The summed E-state index contributed by atoms with van der Waals surface area (Å²) >= 11 is 0. The van der Waals surface area contributed by atoms with E-state index < -0.39 is 15.9 Å². The minimum Gasteiger partial charge on any atom is -0.495 e. The molecule has 0 fully saturated rings. The largest absolute Gasteiger partial charge is 0.495 e. The number of carbonyl (C=O) groups excluding carboxylic acids is 1. The van der Waals surface area contributed by atoms with Gasteiger partial charge in [-0.3, -0.25) is 9.78 Å². The van der Waals surface area contributed by atoms with Crippen LogP contribution in [-0.4, -0.2) is 49.8 Å². The highest BCUT2D eigenvalue weighted by Gasteiger charge is 2.23. The van der Waals surface area contributed by atoms with Gasteiger partial charge in [0, 0.05) is 43.1 Å². The number of para-hydroxylation sites is 1. The summed E-state index contributed by atoms with van der Waals surface area (Å²) in [4.78, 5) is 22.1. The Balaban J connectivity index is 1.77. The highest BCUT2D eigenvalue weighted by atomic mass is 32.2. The molecule has 9 heteroatoms. The lowest BCUT2D eigenvalue weighted by Gasteiger charge is -2.16. The van der Waals surface area contributed by atoms with Crippen LogP contribution in [0.3, 0.4) is 0 Å². The van der Waals surface area contributed by atoms with Crippen molar-refractivity contribution in [3.63, 3.8) is 0 Å². The maximum Gasteiger partial charge on any atom is 0.256 e. The summed E-state index contributed by atoms with van der Waals surface area (Å²) in [7, 11) is 0.482. The molecule has 0 aliphatic heterocycles. The van der Waals surface area contributed by atoms with E-state index in [4.69, 9.17) is 4.74 Å². The molecular formula is C24H22N4O4S. The number of hydrogen-bond donors (Lipinski definition) is 1. The molecule has 0 saturated carbocycles. The zero-order chi connectivity index (χ0) is 23.6. The number of anilines is 1. The predicted octanol–water partition coefficient (Wildman–Crippen LogP) is 3.81. The molecule has 4 rings (SSSR count). The van der Waals surface area contributed by atoms with Crippen LogP contribution in [0.15, 0.2) is 78.0 Å². The van der Waals surface area contributed by atoms with Crippen molar-refractivity contribution in [1.82, 2.24) is 14.3 Å². The summed E-state index contributed by atoms with van der Waals surface area (Å²) in [6.07, 6.45) is 3.35. The molecule has 0 atom stereocenters. The first kappa shape index (κ1) is 22.4. The van der Waals surface area contributed by atoms with Gasteiger partial charge in [0.2, 0.25) is 10.0 Å². The second-order valence-corrected chi connectivity index (χ2v) is 9.54. The van der Waals surface area contributed by atoms with Crippen LogP contribution < -0.4 is 10.1 Å². The quantitative estimate of drug-likeness (QED) is 0.468. The molecule has 33 heavy (non-hydrogen) atoms. The maximum atomic E-state index is 13.3. The molecular weight excluding hydrogens is 440 g/mol. The molecule has 2 aromatic carbocycles. The van der Waals surface area contributed by atoms with Crippen LogP contribution in [0.2, 0.25) is 0 Å². The van der Waals surface area contributed by atoms with Gasteiger partial charge in [-0.2, -0.15) is 0 Å². The smallest absolute Gasteiger partial charge is 0.256 e. The van der Waals surface area contributed by atoms with E-state index in [1.165, 1.54) is 33.3 Å². The molecule has 0 bridgehead atoms. The number of carbonyl (C=O) groups is 1. The molecule has 1 N–H and O–H groups in total. The van der Waals surface area contributed by atoms with Crippen molar-refractivity contribution < 1.29 is 17.9 Å². The van der Waals surface area contributed by atoms with Gasteiger partial charge in [0.1, 0.15) is 10.6 Å². The first-order valence-electron chi connectivity index (χ1n) is 10.0. The highest BCUT2D eigenvalue weighted by Crippen LogP contribution is 2.30. The molecule has 1 amide bonds. The Morgan fingerprint density at radius 2 is 1.82 bits per heavy atom. The third kappa shape index (κ3) is 4.41. The predicted molar refractivity (Wildman–Crippen MR) is 127 cm³/mol. The van der Waals surface area contributed by atoms with E-state index in [2.05, 4.69) is 15.3 Å². The summed E-state index contributed by atoms with van der Waals surface area (Å²) in [6, 6.07) is 17.2. The fourth-order valence-electron chi connectivity index (χ4n) is 3.38. The molecule has 0 spiro atoms. The molecule has 0 saturated heterocycles. The number of pyridine rings is 2. The second-order valence-electron chi connectivity index (χ2n) is 7.42. The summed E-state index contributed by atoms with van der Waals surface area (Å²) in [5.74, 6) is -0.202. The van der Waals surface area contributed by atoms with Crippen LogP contribution in [0, 0.1) is 0 Å². The van der Waals surface area contributed by atoms with E-state index in [0.717, 1.165) is 9.87 Å². The van der Waals surface area contributed by atoms with Crippen molar-refractivity contribution in [2.45, 2.75) is 4.90 Å². The SMILES string of the molecule is COc1ccc(NC(=O)c2cc(-c3cccnc3)nc3ccccc23)cc1S(=O)(=O)N(C)C. The molecule has 2 aromatic heterocycles. The first-order valence-corrected chi connectivity index (χ1v) is 11.5. The lowest BCUT2D eigenvalue weighted by molar-refractivity contribution is 0.102. The molecule has 0 aliphatic rings. The Bertz CT molecular complexity index is 1440. The third-order valence-electron chi connectivity index (χ3n) is 5.10. The number of amides is 1. The van der Waals surface area contributed by atoms with Gasteiger partial charge in [-0.25, -0.2) is 17.7 Å². The number of nitrogens with zero attached hydrogens (tertiary/aromatic N) is 3. The van der Waals surface area contributed by atoms with E-state index in [9.17, 15) is 13.2 Å². The Labute approximate surface area is 191 Å². The van der Waals surface area contributed by atoms with E-state index in [1.807, 2.05) is 30.3 Å². The molecule has 0 radical (unpaired) electrons. The number of nitrogens with one attached hydrogen (secondary N) is 1. The van der Waals surface area contributed by atoms with E-state index >= 15 is 0 Å². The fraction of sp³-hybridized carbons (Fsp3) is 0.125. The maximum absolute atomic E-state index is 13.3. The fourth-order valence-corrected chi connectivity index (χ4v) is 4.45. The van der Waals surface area contributed by atoms with Crippen molar-refractivity contribution in [3.05, 3.63) is 78.6 Å². The van der Waals surface area contributed by atoms with Gasteiger partial charge < -0.3 is 10.1 Å². The topological polar surface area (TPSA) is 101 Å². The molecule has 4 aromatic rings. The average Bonchev–Trinajstić information content (AvgIpc) is 2.83. The van der Waals surface area contributed by atoms with E-state index in [0.29, 0.717) is 27.8 Å². The third-order valence-corrected chi connectivity index (χ3v) is 6.93. The summed E-state index contributed by atoms with van der Waals surface area (Å²) in [5.41, 5.74) is 2.78. The zero-order valence-corrected chi connectivity index (χ0v) is 19.1. The van der Waals surface area contributed by atoms with Gasteiger partial charge in [0.15, 0.2) is 0 Å². The lowest BCUT2D eigenvalue weighted by atomic mass is 10.0. The van der Waals surface area contributed by atoms with Gasteiger partial charge in [-0.05, 0) is 42.5 Å². The van der Waals surface area contributed by atoms with Crippen LogP contribution in [0.4, 0.5) is 5.69 Å². The van der Waals surface area contributed by atoms with E-state index in [1.54, 1.807) is 30.6 Å². The molecule has 2 heterocycles. The zero-order valence-electron chi connectivity index (χ0n) is 18.3. The van der Waals surface area contributed by atoms with Crippen molar-refractivity contribution in [2.75, 3.05) is 26.5 Å². The normalized spacial score (nSPS) is 11.5. The van der Waals surface area contributed by atoms with Gasteiger partial charge in [-0.15, -0.1) is 0 Å². The monoisotopic (exact) mass is 462 g/mol.